The Balaban J connectivity index is 1.77. The third-order valence-electron chi connectivity index (χ3n) is 4.67. The zero-order valence-corrected chi connectivity index (χ0v) is 17.0. The Morgan fingerprint density at radius 3 is 1.81 bits per heavy atom. The second kappa shape index (κ2) is 7.26. The van der Waals surface area contributed by atoms with Crippen LogP contribution < -0.4 is 9.47 Å². The maximum Gasteiger partial charge on any atom is 0.118 e. The molecule has 0 atom stereocenters. The number of allylic oxidation sites excluding steroid dienone is 2. The van der Waals surface area contributed by atoms with Crippen molar-refractivity contribution in [1.82, 2.24) is 0 Å². The number of benzene rings is 2. The second-order valence-electron chi connectivity index (χ2n) is 6.05. The minimum Gasteiger partial charge on any atom is -0.497 e. The van der Waals surface area contributed by atoms with Gasteiger partial charge in [0.1, 0.15) is 15.6 Å². The molecule has 134 valence electrons. The van der Waals surface area contributed by atoms with Crippen molar-refractivity contribution in [3.63, 3.8) is 0 Å². The first-order valence-electron chi connectivity index (χ1n) is 8.37. The van der Waals surface area contributed by atoms with Crippen LogP contribution in [0.2, 0.25) is 0 Å². The van der Waals surface area contributed by atoms with Gasteiger partial charge in [0.05, 0.1) is 14.2 Å². The third kappa shape index (κ3) is 2.94. The van der Waals surface area contributed by atoms with E-state index in [-0.39, 0.29) is 4.08 Å². The van der Waals surface area contributed by atoms with Crippen LogP contribution in [0, 0.1) is 0 Å². The predicted octanol–water partition coefficient (Wildman–Crippen LogP) is 5.93. The minimum absolute atomic E-state index is 0.153. The van der Waals surface area contributed by atoms with Gasteiger partial charge in [-0.25, -0.2) is 0 Å². The standard InChI is InChI=1S/C21H19ClO2S2/c1-23-16-7-3-14(4-8-16)18-13-19(22)20(21(18)25-11-12-26-21)15-5-9-17(24-2)10-6-15/h3-10,13H,11-12H2,1-2H3. The Morgan fingerprint density at radius 1 is 0.808 bits per heavy atom. The van der Waals surface area contributed by atoms with Crippen molar-refractivity contribution in [2.24, 2.45) is 0 Å². The number of thioether (sulfide) groups is 2. The summed E-state index contributed by atoms with van der Waals surface area (Å²) in [6.45, 7) is 0. The smallest absolute Gasteiger partial charge is 0.118 e. The first kappa shape index (κ1) is 17.9. The van der Waals surface area contributed by atoms with E-state index < -0.39 is 0 Å². The summed E-state index contributed by atoms with van der Waals surface area (Å²) in [5.74, 6) is 3.94. The lowest BCUT2D eigenvalue weighted by Gasteiger charge is -2.30. The van der Waals surface area contributed by atoms with E-state index in [0.717, 1.165) is 33.6 Å². The molecule has 1 heterocycles. The molecule has 0 bridgehead atoms. The lowest BCUT2D eigenvalue weighted by atomic mass is 9.97. The molecule has 1 spiro atoms. The van der Waals surface area contributed by atoms with E-state index >= 15 is 0 Å². The highest BCUT2D eigenvalue weighted by atomic mass is 35.5. The summed E-state index contributed by atoms with van der Waals surface area (Å²) in [6.07, 6.45) is 2.13. The first-order chi connectivity index (χ1) is 12.7. The van der Waals surface area contributed by atoms with E-state index in [4.69, 9.17) is 21.1 Å². The van der Waals surface area contributed by atoms with E-state index in [0.29, 0.717) is 0 Å². The van der Waals surface area contributed by atoms with Crippen LogP contribution in [0.1, 0.15) is 11.1 Å². The summed E-state index contributed by atoms with van der Waals surface area (Å²) < 4.78 is 10.5. The van der Waals surface area contributed by atoms with Crippen LogP contribution in [0.15, 0.2) is 59.6 Å². The fourth-order valence-electron chi connectivity index (χ4n) is 3.43. The number of hydrogen-bond acceptors (Lipinski definition) is 4. The predicted molar refractivity (Wildman–Crippen MR) is 114 cm³/mol. The Kier molecular flexibility index (Phi) is 5.00. The number of methoxy groups -OCH3 is 2. The van der Waals surface area contributed by atoms with Gasteiger partial charge in [-0.2, -0.15) is 0 Å². The van der Waals surface area contributed by atoms with E-state index in [1.54, 1.807) is 14.2 Å². The normalized spacial score (nSPS) is 18.3. The molecule has 0 unspecified atom stereocenters. The molecule has 0 N–H and O–H groups in total. The average Bonchev–Trinajstić information content (AvgIpc) is 3.27. The van der Waals surface area contributed by atoms with E-state index in [2.05, 4.69) is 30.3 Å². The third-order valence-corrected chi connectivity index (χ3v) is 8.41. The molecule has 1 aliphatic heterocycles. The van der Waals surface area contributed by atoms with Crippen LogP contribution >= 0.6 is 35.1 Å². The molecular formula is C21H19ClO2S2. The quantitative estimate of drug-likeness (QED) is 0.630. The molecule has 1 aliphatic carbocycles. The van der Waals surface area contributed by atoms with Gasteiger partial charge in [-0.1, -0.05) is 35.9 Å². The first-order valence-corrected chi connectivity index (χ1v) is 10.7. The lowest BCUT2D eigenvalue weighted by Crippen LogP contribution is -2.19. The molecule has 2 aromatic carbocycles. The molecule has 2 aromatic rings. The number of ether oxygens (including phenoxy) is 2. The van der Waals surface area contributed by atoms with Crippen molar-refractivity contribution in [3.8, 4) is 11.5 Å². The van der Waals surface area contributed by atoms with Gasteiger partial charge in [0.2, 0.25) is 0 Å². The van der Waals surface area contributed by atoms with Gasteiger partial charge < -0.3 is 9.47 Å². The maximum atomic E-state index is 6.78. The van der Waals surface area contributed by atoms with Gasteiger partial charge in [0.25, 0.3) is 0 Å². The summed E-state index contributed by atoms with van der Waals surface area (Å²) in [5, 5.41) is 0.822. The van der Waals surface area contributed by atoms with Gasteiger partial charge in [-0.05, 0) is 47.0 Å². The van der Waals surface area contributed by atoms with Crippen molar-refractivity contribution in [3.05, 3.63) is 70.8 Å². The van der Waals surface area contributed by atoms with Crippen LogP contribution in [0.3, 0.4) is 0 Å². The summed E-state index contributed by atoms with van der Waals surface area (Å²) in [5.41, 5.74) is 4.80. The SMILES string of the molecule is COc1ccc(C2=CC(Cl)=C(c3ccc(OC)cc3)C23SCCS3)cc1. The average molecular weight is 403 g/mol. The van der Waals surface area contributed by atoms with Crippen molar-refractivity contribution < 1.29 is 9.47 Å². The number of hydrogen-bond donors (Lipinski definition) is 0. The number of halogens is 1. The van der Waals surface area contributed by atoms with E-state index in [1.165, 1.54) is 16.7 Å². The summed E-state index contributed by atoms with van der Waals surface area (Å²) >= 11 is 10.7. The second-order valence-corrected chi connectivity index (χ2v) is 9.34. The molecule has 0 saturated carbocycles. The van der Waals surface area contributed by atoms with Crippen molar-refractivity contribution in [1.29, 1.82) is 0 Å². The molecule has 0 amide bonds. The molecular weight excluding hydrogens is 384 g/mol. The summed E-state index contributed by atoms with van der Waals surface area (Å²) in [7, 11) is 3.37. The largest absolute Gasteiger partial charge is 0.497 e. The van der Waals surface area contributed by atoms with Crippen molar-refractivity contribution in [2.75, 3.05) is 25.7 Å². The lowest BCUT2D eigenvalue weighted by molar-refractivity contribution is 0.414. The van der Waals surface area contributed by atoms with Gasteiger partial charge in [-0.3, -0.25) is 0 Å². The monoisotopic (exact) mass is 402 g/mol. The Bertz CT molecular complexity index is 864. The van der Waals surface area contributed by atoms with Crippen LogP contribution in [-0.2, 0) is 0 Å². The topological polar surface area (TPSA) is 18.5 Å². The van der Waals surface area contributed by atoms with Crippen LogP contribution in [0.5, 0.6) is 11.5 Å². The fourth-order valence-corrected chi connectivity index (χ4v) is 7.38. The van der Waals surface area contributed by atoms with Crippen LogP contribution in [-0.4, -0.2) is 29.8 Å². The van der Waals surface area contributed by atoms with Gasteiger partial charge in [0, 0.05) is 22.1 Å². The molecule has 26 heavy (non-hydrogen) atoms. The van der Waals surface area contributed by atoms with Gasteiger partial charge >= 0.3 is 0 Å². The summed E-state index contributed by atoms with van der Waals surface area (Å²) in [6, 6.07) is 16.4. The van der Waals surface area contributed by atoms with Crippen LogP contribution in [0.4, 0.5) is 0 Å². The fraction of sp³-hybridized carbons (Fsp3) is 0.238. The highest BCUT2D eigenvalue weighted by Gasteiger charge is 2.48. The molecule has 5 heteroatoms. The highest BCUT2D eigenvalue weighted by Crippen LogP contribution is 2.64. The van der Waals surface area contributed by atoms with Gasteiger partial charge in [-0.15, -0.1) is 23.5 Å². The molecule has 1 fully saturated rings. The molecule has 1 saturated heterocycles. The highest BCUT2D eigenvalue weighted by molar-refractivity contribution is 8.22. The Labute approximate surface area is 167 Å². The van der Waals surface area contributed by atoms with Crippen LogP contribution in [0.25, 0.3) is 11.1 Å². The zero-order chi connectivity index (χ0) is 18.1. The Hall–Kier alpha value is -1.49. The number of rotatable bonds is 4. The van der Waals surface area contributed by atoms with Gasteiger partial charge in [0.15, 0.2) is 0 Å². The van der Waals surface area contributed by atoms with Crippen molar-refractivity contribution >= 4 is 46.3 Å². The molecule has 2 aliphatic rings. The molecule has 2 nitrogen and oxygen atoms in total. The molecule has 0 aromatic heterocycles. The van der Waals surface area contributed by atoms with Crippen molar-refractivity contribution in [2.45, 2.75) is 4.08 Å². The minimum atomic E-state index is -0.153. The summed E-state index contributed by atoms with van der Waals surface area (Å²) in [4.78, 5) is 0. The molecule has 4 rings (SSSR count). The maximum absolute atomic E-state index is 6.78. The Morgan fingerprint density at radius 2 is 1.31 bits per heavy atom. The van der Waals surface area contributed by atoms with E-state index in [1.807, 2.05) is 47.8 Å². The van der Waals surface area contributed by atoms with E-state index in [9.17, 15) is 0 Å². The zero-order valence-electron chi connectivity index (χ0n) is 14.6. The molecule has 0 radical (unpaired) electrons.